The molecule has 0 bridgehead atoms. The summed E-state index contributed by atoms with van der Waals surface area (Å²) in [4.78, 5) is 46.5. The molecule has 23 heavy (non-hydrogen) atoms. The average Bonchev–Trinajstić information content (AvgIpc) is 2.47. The number of nitrogens with two attached hydrogens (primary N) is 1. The van der Waals surface area contributed by atoms with Gasteiger partial charge in [-0.15, -0.1) is 0 Å². The Kier molecular flexibility index (Phi) is 6.20. The Balaban J connectivity index is 2.99. The van der Waals surface area contributed by atoms with Gasteiger partial charge in [0.2, 0.25) is 23.4 Å². The summed E-state index contributed by atoms with van der Waals surface area (Å²) in [5.74, 6) is -7.54. The summed E-state index contributed by atoms with van der Waals surface area (Å²) in [5, 5.41) is 9.85. The average molecular weight is 319 g/mol. The van der Waals surface area contributed by atoms with Crippen molar-refractivity contribution in [1.29, 1.82) is 0 Å². The molecular weight excluding hydrogens is 302 g/mol. The van der Waals surface area contributed by atoms with Crippen molar-refractivity contribution < 1.29 is 29.0 Å². The Labute approximate surface area is 132 Å². The van der Waals surface area contributed by atoms with Crippen molar-refractivity contribution in [1.82, 2.24) is 0 Å². The van der Waals surface area contributed by atoms with E-state index in [0.29, 0.717) is 11.6 Å². The van der Waals surface area contributed by atoms with Gasteiger partial charge < -0.3 is 15.6 Å². The minimum absolute atomic E-state index is 0.0749. The van der Waals surface area contributed by atoms with Gasteiger partial charge in [0.25, 0.3) is 0 Å². The molecular formula is C16H17NO6. The third-order valence-corrected chi connectivity index (χ3v) is 2.93. The van der Waals surface area contributed by atoms with Crippen molar-refractivity contribution >= 4 is 29.2 Å². The molecule has 7 heteroatoms. The quantitative estimate of drug-likeness (QED) is 0.251. The summed E-state index contributed by atoms with van der Waals surface area (Å²) >= 11 is 0. The summed E-state index contributed by atoms with van der Waals surface area (Å²) in [5.41, 5.74) is 6.22. The van der Waals surface area contributed by atoms with E-state index in [-0.39, 0.29) is 6.61 Å². The lowest BCUT2D eigenvalue weighted by Gasteiger charge is -2.09. The van der Waals surface area contributed by atoms with E-state index in [0.717, 1.165) is 5.56 Å². The maximum Gasteiger partial charge on any atom is 0.326 e. The molecule has 3 N–H and O–H groups in total. The summed E-state index contributed by atoms with van der Waals surface area (Å²) < 4.78 is 4.54. The summed E-state index contributed by atoms with van der Waals surface area (Å²) in [6, 6.07) is 6.51. The first kappa shape index (κ1) is 18.1. The van der Waals surface area contributed by atoms with Crippen LogP contribution in [0, 0.1) is 12.8 Å². The number of aryl methyl sites for hydroxylation is 1. The topological polar surface area (TPSA) is 124 Å². The van der Waals surface area contributed by atoms with Crippen LogP contribution in [0.5, 0.6) is 0 Å². The minimum atomic E-state index is -2.02. The van der Waals surface area contributed by atoms with Gasteiger partial charge in [-0.2, -0.15) is 0 Å². The van der Waals surface area contributed by atoms with Gasteiger partial charge in [0.15, 0.2) is 0 Å². The van der Waals surface area contributed by atoms with E-state index in [1.165, 1.54) is 6.92 Å². The number of esters is 1. The summed E-state index contributed by atoms with van der Waals surface area (Å²) in [6.45, 7) is 3.25. The molecule has 0 spiro atoms. The number of Topliss-reactive ketones (excluding diaryl/α,β-unsaturated/α-hetero) is 1. The van der Waals surface area contributed by atoms with Crippen molar-refractivity contribution in [2.45, 2.75) is 13.8 Å². The molecule has 1 amide bonds. The largest absolute Gasteiger partial charge is 0.507 e. The molecule has 0 aliphatic heterocycles. The van der Waals surface area contributed by atoms with E-state index in [9.17, 15) is 24.3 Å². The zero-order valence-corrected chi connectivity index (χ0v) is 12.7. The Morgan fingerprint density at radius 1 is 1.22 bits per heavy atom. The van der Waals surface area contributed by atoms with E-state index in [1.807, 2.05) is 6.92 Å². The normalized spacial score (nSPS) is 12.3. The fourth-order valence-corrected chi connectivity index (χ4v) is 1.72. The lowest BCUT2D eigenvalue weighted by molar-refractivity contribution is -0.156. The SMILES string of the molecule is CCOC(=O)[C@@H](C(N)=O)C(=O)C(=O)C=C(O)c1ccc(C)cc1. The standard InChI is InChI=1S/C16H17NO6/c1-3-23-16(22)13(15(17)21)14(20)12(19)8-11(18)10-6-4-9(2)5-7-10/h4-8,13,18H,3H2,1-2H3,(H2,17,21)/t13-/m1/s1. The first-order valence-electron chi connectivity index (χ1n) is 6.79. The van der Waals surface area contributed by atoms with Gasteiger partial charge in [-0.1, -0.05) is 29.8 Å². The first-order valence-corrected chi connectivity index (χ1v) is 6.79. The number of allylic oxidation sites excluding steroid dienone is 1. The van der Waals surface area contributed by atoms with Crippen molar-refractivity contribution in [2.24, 2.45) is 11.7 Å². The van der Waals surface area contributed by atoms with Crippen LogP contribution in [0.1, 0.15) is 18.1 Å². The van der Waals surface area contributed by atoms with Crippen LogP contribution in [0.25, 0.3) is 5.76 Å². The highest BCUT2D eigenvalue weighted by Gasteiger charge is 2.37. The molecule has 0 fully saturated rings. The predicted molar refractivity (Wildman–Crippen MR) is 81.1 cm³/mol. The molecule has 0 unspecified atom stereocenters. The van der Waals surface area contributed by atoms with Crippen LogP contribution in [-0.2, 0) is 23.9 Å². The van der Waals surface area contributed by atoms with E-state index < -0.39 is 35.1 Å². The molecule has 0 heterocycles. The second kappa shape index (κ2) is 7.88. The van der Waals surface area contributed by atoms with E-state index in [4.69, 9.17) is 5.73 Å². The molecule has 0 aromatic heterocycles. The fourth-order valence-electron chi connectivity index (χ4n) is 1.72. The fraction of sp³-hybridized carbons (Fsp3) is 0.250. The maximum atomic E-state index is 11.9. The van der Waals surface area contributed by atoms with Crippen LogP contribution < -0.4 is 5.73 Å². The van der Waals surface area contributed by atoms with Gasteiger partial charge in [-0.05, 0) is 13.8 Å². The number of ether oxygens (including phenoxy) is 1. The molecule has 1 aromatic carbocycles. The Bertz CT molecular complexity index is 660. The number of carbonyl (C=O) groups excluding carboxylic acids is 4. The van der Waals surface area contributed by atoms with Gasteiger partial charge in [-0.3, -0.25) is 19.2 Å². The summed E-state index contributed by atoms with van der Waals surface area (Å²) in [6.07, 6.45) is 0.641. The molecule has 1 rings (SSSR count). The van der Waals surface area contributed by atoms with Gasteiger partial charge in [0.05, 0.1) is 6.61 Å². The zero-order valence-electron chi connectivity index (χ0n) is 12.7. The van der Waals surface area contributed by atoms with E-state index in [2.05, 4.69) is 4.74 Å². The molecule has 1 aromatic rings. The monoisotopic (exact) mass is 319 g/mol. The second-order valence-electron chi connectivity index (χ2n) is 4.71. The van der Waals surface area contributed by atoms with Crippen LogP contribution in [0.3, 0.4) is 0 Å². The number of primary amides is 1. The number of aliphatic hydroxyl groups excluding tert-OH is 1. The third-order valence-electron chi connectivity index (χ3n) is 2.93. The highest BCUT2D eigenvalue weighted by molar-refractivity contribution is 6.49. The van der Waals surface area contributed by atoms with E-state index in [1.54, 1.807) is 24.3 Å². The Morgan fingerprint density at radius 3 is 2.26 bits per heavy atom. The van der Waals surface area contributed by atoms with Crippen LogP contribution in [0.4, 0.5) is 0 Å². The number of carbonyl (C=O) groups is 4. The highest BCUT2D eigenvalue weighted by Crippen LogP contribution is 2.13. The van der Waals surface area contributed by atoms with Crippen LogP contribution in [0.15, 0.2) is 30.3 Å². The number of hydrogen-bond acceptors (Lipinski definition) is 6. The molecule has 0 saturated carbocycles. The van der Waals surface area contributed by atoms with Crippen molar-refractivity contribution in [3.63, 3.8) is 0 Å². The Hall–Kier alpha value is -2.96. The molecule has 1 atom stereocenters. The zero-order chi connectivity index (χ0) is 17.6. The molecule has 0 saturated heterocycles. The Morgan fingerprint density at radius 2 is 1.78 bits per heavy atom. The number of amides is 1. The van der Waals surface area contributed by atoms with Crippen molar-refractivity contribution in [3.8, 4) is 0 Å². The van der Waals surface area contributed by atoms with E-state index >= 15 is 0 Å². The predicted octanol–water partition coefficient (Wildman–Crippen LogP) is 0.697. The van der Waals surface area contributed by atoms with Crippen molar-refractivity contribution in [2.75, 3.05) is 6.61 Å². The number of benzene rings is 1. The number of ketones is 2. The highest BCUT2D eigenvalue weighted by atomic mass is 16.5. The molecule has 7 nitrogen and oxygen atoms in total. The van der Waals surface area contributed by atoms with Crippen molar-refractivity contribution in [3.05, 3.63) is 41.5 Å². The minimum Gasteiger partial charge on any atom is -0.507 e. The number of rotatable bonds is 7. The lowest BCUT2D eigenvalue weighted by atomic mass is 9.99. The number of hydrogen-bond donors (Lipinski definition) is 2. The van der Waals surface area contributed by atoms with Crippen LogP contribution in [0.2, 0.25) is 0 Å². The molecule has 0 aliphatic carbocycles. The smallest absolute Gasteiger partial charge is 0.326 e. The maximum absolute atomic E-state index is 11.9. The van der Waals surface area contributed by atoms with Gasteiger partial charge in [0.1, 0.15) is 5.76 Å². The summed E-state index contributed by atoms with van der Waals surface area (Å²) in [7, 11) is 0. The lowest BCUT2D eigenvalue weighted by Crippen LogP contribution is -2.40. The first-order chi connectivity index (χ1) is 10.8. The third kappa shape index (κ3) is 4.77. The van der Waals surface area contributed by atoms with Crippen LogP contribution in [-0.4, -0.2) is 35.2 Å². The second-order valence-corrected chi connectivity index (χ2v) is 4.71. The molecule has 122 valence electrons. The number of aliphatic hydroxyl groups is 1. The molecule has 0 radical (unpaired) electrons. The van der Waals surface area contributed by atoms with Gasteiger partial charge in [0, 0.05) is 11.6 Å². The van der Waals surface area contributed by atoms with Gasteiger partial charge >= 0.3 is 5.97 Å². The molecule has 0 aliphatic rings. The van der Waals surface area contributed by atoms with Gasteiger partial charge in [-0.25, -0.2) is 0 Å². The van der Waals surface area contributed by atoms with Crippen LogP contribution >= 0.6 is 0 Å².